The molecule has 5 heteroatoms. The largest absolute Gasteiger partial charge is 0.352 e. The molecule has 1 aliphatic rings. The lowest BCUT2D eigenvalue weighted by atomic mass is 10.0. The molecule has 4 nitrogen and oxygen atoms in total. The maximum absolute atomic E-state index is 12.4. The van der Waals surface area contributed by atoms with Crippen molar-refractivity contribution in [3.05, 3.63) is 71.3 Å². The van der Waals surface area contributed by atoms with Crippen LogP contribution in [-0.4, -0.2) is 61.7 Å². The molecule has 2 aromatic carbocycles. The van der Waals surface area contributed by atoms with E-state index in [0.29, 0.717) is 12.6 Å². The van der Waals surface area contributed by atoms with Crippen LogP contribution in [0.5, 0.6) is 0 Å². The van der Waals surface area contributed by atoms with Gasteiger partial charge in [-0.2, -0.15) is 11.8 Å². The Balaban J connectivity index is 1.49. The summed E-state index contributed by atoms with van der Waals surface area (Å²) in [5.41, 5.74) is 3.33. The quantitative estimate of drug-likeness (QED) is 0.690. The number of thioether (sulfide) groups is 1. The van der Waals surface area contributed by atoms with Gasteiger partial charge in [-0.15, -0.1) is 0 Å². The van der Waals surface area contributed by atoms with E-state index in [4.69, 9.17) is 0 Å². The molecule has 0 bridgehead atoms. The van der Waals surface area contributed by atoms with Crippen LogP contribution < -0.4 is 5.32 Å². The molecule has 2 aromatic rings. The lowest BCUT2D eigenvalue weighted by Crippen LogP contribution is -2.47. The highest BCUT2D eigenvalue weighted by Crippen LogP contribution is 2.24. The van der Waals surface area contributed by atoms with E-state index in [2.05, 4.69) is 64.8 Å². The molecule has 28 heavy (non-hydrogen) atoms. The summed E-state index contributed by atoms with van der Waals surface area (Å²) in [6.45, 7) is 4.93. The average Bonchev–Trinajstić information content (AvgIpc) is 2.73. The molecule has 1 heterocycles. The van der Waals surface area contributed by atoms with Crippen LogP contribution >= 0.6 is 11.8 Å². The number of rotatable bonds is 8. The van der Waals surface area contributed by atoms with Gasteiger partial charge in [0.15, 0.2) is 0 Å². The van der Waals surface area contributed by atoms with Gasteiger partial charge >= 0.3 is 0 Å². The van der Waals surface area contributed by atoms with E-state index >= 15 is 0 Å². The maximum atomic E-state index is 12.4. The lowest BCUT2D eigenvalue weighted by Gasteiger charge is -2.40. The molecule has 1 aliphatic heterocycles. The summed E-state index contributed by atoms with van der Waals surface area (Å²) in [7, 11) is 2.19. The molecule has 1 atom stereocenters. The van der Waals surface area contributed by atoms with Gasteiger partial charge < -0.3 is 10.2 Å². The fourth-order valence-electron chi connectivity index (χ4n) is 3.77. The number of nitrogens with zero attached hydrogens (tertiary/aromatic N) is 2. The first-order chi connectivity index (χ1) is 13.7. The monoisotopic (exact) mass is 397 g/mol. The molecule has 1 amide bonds. The summed E-state index contributed by atoms with van der Waals surface area (Å²) in [5, 5.41) is 3.09. The van der Waals surface area contributed by atoms with E-state index in [-0.39, 0.29) is 5.91 Å². The predicted octanol–water partition coefficient (Wildman–Crippen LogP) is 3.66. The number of piperazine rings is 1. The minimum atomic E-state index is 0.0286. The van der Waals surface area contributed by atoms with Gasteiger partial charge in [0.1, 0.15) is 0 Å². The summed E-state index contributed by atoms with van der Waals surface area (Å²) < 4.78 is 0. The van der Waals surface area contributed by atoms with Crippen LogP contribution in [0, 0.1) is 0 Å². The molecule has 0 aliphatic carbocycles. The number of benzene rings is 2. The first-order valence-corrected chi connectivity index (χ1v) is 11.4. The van der Waals surface area contributed by atoms with E-state index in [1.807, 2.05) is 18.2 Å². The predicted molar refractivity (Wildman–Crippen MR) is 119 cm³/mol. The molecule has 3 rings (SSSR count). The minimum absolute atomic E-state index is 0.0286. The zero-order valence-corrected chi connectivity index (χ0v) is 17.8. The number of amides is 1. The third-order valence-electron chi connectivity index (χ3n) is 5.29. The van der Waals surface area contributed by atoms with Crippen molar-refractivity contribution in [3.63, 3.8) is 0 Å². The van der Waals surface area contributed by atoms with Crippen LogP contribution in [0.2, 0.25) is 0 Å². The summed E-state index contributed by atoms with van der Waals surface area (Å²) in [6, 6.07) is 19.1. The topological polar surface area (TPSA) is 35.6 Å². The molecule has 0 spiro atoms. The Morgan fingerprint density at radius 3 is 2.75 bits per heavy atom. The Morgan fingerprint density at radius 1 is 1.14 bits per heavy atom. The van der Waals surface area contributed by atoms with Gasteiger partial charge in [0.05, 0.1) is 0 Å². The van der Waals surface area contributed by atoms with Crippen LogP contribution in [0.1, 0.15) is 33.9 Å². The van der Waals surface area contributed by atoms with Crippen molar-refractivity contribution < 1.29 is 4.79 Å². The van der Waals surface area contributed by atoms with Crippen molar-refractivity contribution in [2.24, 2.45) is 0 Å². The summed E-state index contributed by atoms with van der Waals surface area (Å²) in [6.07, 6.45) is 3.04. The molecule has 0 radical (unpaired) electrons. The first-order valence-electron chi connectivity index (χ1n) is 10.0. The van der Waals surface area contributed by atoms with Gasteiger partial charge in [-0.3, -0.25) is 9.69 Å². The number of nitrogens with one attached hydrogen (secondary N) is 1. The fraction of sp³-hybridized carbons (Fsp3) is 0.435. The second-order valence-electron chi connectivity index (χ2n) is 7.47. The molecular formula is C23H31N3OS. The standard InChI is InChI=1S/C23H31N3OS/c1-25-14-15-26(22(17-25)20-9-4-3-5-10-20)13-7-12-24-23(27)21-11-6-8-19(16-21)18-28-2/h3-6,8-11,16,22H,7,12-15,17-18H2,1-2H3,(H,24,27). The Kier molecular flexibility index (Phi) is 7.95. The second kappa shape index (κ2) is 10.6. The van der Waals surface area contributed by atoms with Crippen LogP contribution in [0.25, 0.3) is 0 Å². The van der Waals surface area contributed by atoms with Crippen molar-refractivity contribution in [2.75, 3.05) is 46.0 Å². The normalized spacial score (nSPS) is 18.1. The summed E-state index contributed by atoms with van der Waals surface area (Å²) >= 11 is 1.77. The van der Waals surface area contributed by atoms with Gasteiger partial charge in [-0.25, -0.2) is 0 Å². The van der Waals surface area contributed by atoms with Crippen molar-refractivity contribution >= 4 is 17.7 Å². The van der Waals surface area contributed by atoms with E-state index in [9.17, 15) is 4.79 Å². The molecule has 0 aromatic heterocycles. The number of carbonyl (C=O) groups excluding carboxylic acids is 1. The summed E-state index contributed by atoms with van der Waals surface area (Å²) in [5.74, 6) is 0.965. The van der Waals surface area contributed by atoms with Crippen molar-refractivity contribution in [2.45, 2.75) is 18.2 Å². The first kappa shape index (κ1) is 20.9. The zero-order valence-electron chi connectivity index (χ0n) is 16.9. The Hall–Kier alpha value is -1.82. The number of carbonyl (C=O) groups is 1. The molecule has 1 fully saturated rings. The smallest absolute Gasteiger partial charge is 0.251 e. The van der Waals surface area contributed by atoms with Gasteiger partial charge in [-0.05, 0) is 43.0 Å². The molecular weight excluding hydrogens is 366 g/mol. The van der Waals surface area contributed by atoms with Crippen molar-refractivity contribution in [1.29, 1.82) is 0 Å². The number of hydrogen-bond acceptors (Lipinski definition) is 4. The van der Waals surface area contributed by atoms with E-state index < -0.39 is 0 Å². The highest BCUT2D eigenvalue weighted by Gasteiger charge is 2.25. The molecule has 1 unspecified atom stereocenters. The lowest BCUT2D eigenvalue weighted by molar-refractivity contribution is 0.0866. The Morgan fingerprint density at radius 2 is 1.96 bits per heavy atom. The average molecular weight is 398 g/mol. The highest BCUT2D eigenvalue weighted by atomic mass is 32.2. The van der Waals surface area contributed by atoms with E-state index in [0.717, 1.165) is 43.9 Å². The number of likely N-dealkylation sites (N-methyl/N-ethyl adjacent to an activating group) is 1. The van der Waals surface area contributed by atoms with Crippen molar-refractivity contribution in [3.8, 4) is 0 Å². The van der Waals surface area contributed by atoms with Gasteiger partial charge in [-0.1, -0.05) is 42.5 Å². The highest BCUT2D eigenvalue weighted by molar-refractivity contribution is 7.97. The Bertz CT molecular complexity index is 753. The molecule has 150 valence electrons. The SMILES string of the molecule is CSCc1cccc(C(=O)NCCCN2CCN(C)CC2c2ccccc2)c1. The van der Waals surface area contributed by atoms with E-state index in [1.165, 1.54) is 11.1 Å². The minimum Gasteiger partial charge on any atom is -0.352 e. The third kappa shape index (κ3) is 5.84. The van der Waals surface area contributed by atoms with Crippen molar-refractivity contribution in [1.82, 2.24) is 15.1 Å². The molecule has 1 N–H and O–H groups in total. The third-order valence-corrected chi connectivity index (χ3v) is 5.91. The maximum Gasteiger partial charge on any atom is 0.251 e. The number of hydrogen-bond donors (Lipinski definition) is 1. The van der Waals surface area contributed by atoms with Crippen LogP contribution in [0.4, 0.5) is 0 Å². The summed E-state index contributed by atoms with van der Waals surface area (Å²) in [4.78, 5) is 17.4. The van der Waals surface area contributed by atoms with Crippen LogP contribution in [0.15, 0.2) is 54.6 Å². The van der Waals surface area contributed by atoms with E-state index in [1.54, 1.807) is 11.8 Å². The van der Waals surface area contributed by atoms with Gasteiger partial charge in [0, 0.05) is 50.1 Å². The molecule has 1 saturated heterocycles. The van der Waals surface area contributed by atoms with Gasteiger partial charge in [0.2, 0.25) is 0 Å². The van der Waals surface area contributed by atoms with Crippen LogP contribution in [0.3, 0.4) is 0 Å². The van der Waals surface area contributed by atoms with Gasteiger partial charge in [0.25, 0.3) is 5.91 Å². The fourth-order valence-corrected chi connectivity index (χ4v) is 4.28. The van der Waals surface area contributed by atoms with Crippen LogP contribution in [-0.2, 0) is 5.75 Å². The second-order valence-corrected chi connectivity index (χ2v) is 8.33. The Labute approximate surface area is 173 Å². The zero-order chi connectivity index (χ0) is 19.8. The molecule has 0 saturated carbocycles.